The van der Waals surface area contributed by atoms with E-state index in [1.165, 1.54) is 167 Å². The van der Waals surface area contributed by atoms with E-state index in [1.807, 2.05) is 33.3 Å². The van der Waals surface area contributed by atoms with E-state index >= 15 is 0 Å². The number of rotatable bonds is 54. The molecule has 0 aliphatic heterocycles. The first-order valence-electron chi connectivity index (χ1n) is 29.8. The van der Waals surface area contributed by atoms with Gasteiger partial charge in [-0.1, -0.05) is 250 Å². The van der Waals surface area contributed by atoms with Gasteiger partial charge in [0.1, 0.15) is 19.3 Å². The van der Waals surface area contributed by atoms with Crippen LogP contribution in [0.2, 0.25) is 0 Å². The Morgan fingerprint density at radius 1 is 0.500 bits per heavy atom. The normalized spacial score (nSPS) is 14.0. The molecule has 0 radical (unpaired) electrons. The van der Waals surface area contributed by atoms with Gasteiger partial charge in [-0.15, -0.1) is 0 Å². The molecule has 3 atom stereocenters. The molecule has 0 fully saturated rings. The van der Waals surface area contributed by atoms with Crippen molar-refractivity contribution in [2.75, 3.05) is 40.9 Å². The lowest BCUT2D eigenvalue weighted by atomic mass is 10.0. The smallest absolute Gasteiger partial charge is 0.306 e. The third-order valence-corrected chi connectivity index (χ3v) is 14.3. The first-order valence-corrected chi connectivity index (χ1v) is 31.3. The molecule has 0 rings (SSSR count). The Bertz CT molecular complexity index is 1300. The van der Waals surface area contributed by atoms with Gasteiger partial charge in [-0.25, -0.2) is 0 Å². The highest BCUT2D eigenvalue weighted by Crippen LogP contribution is 2.38. The van der Waals surface area contributed by atoms with Gasteiger partial charge in [0.2, 0.25) is 5.91 Å². The summed E-state index contributed by atoms with van der Waals surface area (Å²) in [5, 5.41) is 3.02. The maximum Gasteiger partial charge on any atom is 0.306 e. The number of phosphoric acid groups is 1. The summed E-state index contributed by atoms with van der Waals surface area (Å²) in [4.78, 5) is 39.9. The molecular formula is C60H115N2O7P. The first kappa shape index (κ1) is 68.2. The number of nitrogens with one attached hydrogen (secondary N) is 1. The number of carbonyl (C=O) groups is 2. The minimum atomic E-state index is -4.69. The zero-order chi connectivity index (χ0) is 51.5. The van der Waals surface area contributed by atoms with E-state index in [9.17, 15) is 19.0 Å². The van der Waals surface area contributed by atoms with E-state index in [0.717, 1.165) is 83.5 Å². The van der Waals surface area contributed by atoms with Gasteiger partial charge in [0.05, 0.1) is 33.8 Å². The zero-order valence-corrected chi connectivity index (χ0v) is 47.9. The van der Waals surface area contributed by atoms with E-state index in [2.05, 4.69) is 50.4 Å². The SMILES string of the molecule is CCCCC/C=C/C=C/CCCCCCCCC(=O)NC(COP(=O)([O-])OCC[N+](C)(C)C)C(/C=C/CCCCCCCCCCCC)OC(=O)CCCCCCCCCCCCCCCCCCC. The fourth-order valence-electron chi connectivity index (χ4n) is 8.69. The number of carbonyl (C=O) groups excluding carboxylic acids is 2. The largest absolute Gasteiger partial charge is 0.756 e. The van der Waals surface area contributed by atoms with Crippen LogP contribution in [0.1, 0.15) is 284 Å². The van der Waals surface area contributed by atoms with Crippen molar-refractivity contribution in [1.29, 1.82) is 0 Å². The van der Waals surface area contributed by atoms with E-state index in [4.69, 9.17) is 13.8 Å². The topological polar surface area (TPSA) is 114 Å². The van der Waals surface area contributed by atoms with Gasteiger partial charge < -0.3 is 28.5 Å². The number of allylic oxidation sites excluding steroid dienone is 5. The molecule has 1 amide bonds. The number of hydrogen-bond acceptors (Lipinski definition) is 7. The van der Waals surface area contributed by atoms with Crippen LogP contribution in [0.4, 0.5) is 0 Å². The molecule has 0 aromatic carbocycles. The number of hydrogen-bond donors (Lipinski definition) is 1. The van der Waals surface area contributed by atoms with Crippen LogP contribution in [0, 0.1) is 0 Å². The molecule has 0 saturated carbocycles. The van der Waals surface area contributed by atoms with Gasteiger partial charge >= 0.3 is 5.97 Å². The van der Waals surface area contributed by atoms with Crippen LogP contribution in [0.25, 0.3) is 0 Å². The lowest BCUT2D eigenvalue weighted by Gasteiger charge is -2.30. The molecule has 70 heavy (non-hydrogen) atoms. The summed E-state index contributed by atoms with van der Waals surface area (Å²) < 4.78 is 30.3. The van der Waals surface area contributed by atoms with Crippen LogP contribution in [0.5, 0.6) is 0 Å². The van der Waals surface area contributed by atoms with Crippen LogP contribution < -0.4 is 10.2 Å². The Hall–Kier alpha value is -1.77. The first-order chi connectivity index (χ1) is 33.9. The number of ether oxygens (including phenoxy) is 1. The van der Waals surface area contributed by atoms with Crippen molar-refractivity contribution in [3.05, 3.63) is 36.5 Å². The highest BCUT2D eigenvalue weighted by atomic mass is 31.2. The van der Waals surface area contributed by atoms with Crippen molar-refractivity contribution < 1.29 is 37.3 Å². The Balaban J connectivity index is 5.30. The van der Waals surface area contributed by atoms with E-state index in [1.54, 1.807) is 0 Å². The number of quaternary nitrogens is 1. The zero-order valence-electron chi connectivity index (χ0n) is 47.0. The monoisotopic (exact) mass is 1010 g/mol. The molecule has 0 aromatic heterocycles. The van der Waals surface area contributed by atoms with Crippen molar-refractivity contribution >= 4 is 19.7 Å². The Kier molecular flexibility index (Phi) is 49.5. The van der Waals surface area contributed by atoms with Crippen molar-refractivity contribution in [2.45, 2.75) is 296 Å². The number of amides is 1. The van der Waals surface area contributed by atoms with Crippen molar-refractivity contribution in [2.24, 2.45) is 0 Å². The second kappa shape index (κ2) is 50.7. The summed E-state index contributed by atoms with van der Waals surface area (Å²) in [5.74, 6) is -0.543. The number of phosphoric ester groups is 1. The van der Waals surface area contributed by atoms with Gasteiger partial charge in [-0.05, 0) is 57.4 Å². The molecule has 412 valence electrons. The molecule has 0 spiro atoms. The van der Waals surface area contributed by atoms with Gasteiger partial charge in [-0.3, -0.25) is 14.2 Å². The van der Waals surface area contributed by atoms with Gasteiger partial charge in [0.15, 0.2) is 0 Å². The predicted molar refractivity (Wildman–Crippen MR) is 298 cm³/mol. The molecule has 0 aliphatic rings. The van der Waals surface area contributed by atoms with Crippen molar-refractivity contribution in [3.8, 4) is 0 Å². The second-order valence-corrected chi connectivity index (χ2v) is 22.9. The third-order valence-electron chi connectivity index (χ3n) is 13.4. The average molecular weight is 1010 g/mol. The molecule has 3 unspecified atom stereocenters. The molecule has 9 nitrogen and oxygen atoms in total. The lowest BCUT2D eigenvalue weighted by molar-refractivity contribution is -0.870. The van der Waals surface area contributed by atoms with E-state index in [0.29, 0.717) is 17.4 Å². The lowest BCUT2D eigenvalue weighted by Crippen LogP contribution is -2.47. The summed E-state index contributed by atoms with van der Waals surface area (Å²) in [6, 6.07) is -0.889. The van der Waals surface area contributed by atoms with Crippen molar-refractivity contribution in [3.63, 3.8) is 0 Å². The number of esters is 1. The fraction of sp³-hybridized carbons (Fsp3) is 0.867. The summed E-state index contributed by atoms with van der Waals surface area (Å²) in [7, 11) is 1.19. The summed E-state index contributed by atoms with van der Waals surface area (Å²) in [5.41, 5.74) is 0. The van der Waals surface area contributed by atoms with Gasteiger partial charge in [-0.2, -0.15) is 0 Å². The highest BCUT2D eigenvalue weighted by molar-refractivity contribution is 7.45. The summed E-state index contributed by atoms with van der Waals surface area (Å²) in [6.45, 7) is 6.83. The summed E-state index contributed by atoms with van der Waals surface area (Å²) in [6.07, 6.45) is 59.6. The van der Waals surface area contributed by atoms with Crippen LogP contribution in [0.15, 0.2) is 36.5 Å². The van der Waals surface area contributed by atoms with Gasteiger partial charge in [0, 0.05) is 12.8 Å². The number of nitrogens with zero attached hydrogens (tertiary/aromatic N) is 1. The Labute approximate surface area is 434 Å². The molecule has 0 saturated heterocycles. The van der Waals surface area contributed by atoms with Crippen molar-refractivity contribution in [1.82, 2.24) is 5.32 Å². The molecule has 0 bridgehead atoms. The fourth-order valence-corrected chi connectivity index (χ4v) is 9.41. The van der Waals surface area contributed by atoms with Crippen LogP contribution in [0.3, 0.4) is 0 Å². The van der Waals surface area contributed by atoms with Crippen LogP contribution in [-0.4, -0.2) is 69.4 Å². The predicted octanol–water partition coefficient (Wildman–Crippen LogP) is 17.3. The molecule has 10 heteroatoms. The molecule has 0 aromatic rings. The minimum absolute atomic E-state index is 0.0227. The van der Waals surface area contributed by atoms with E-state index < -0.39 is 20.0 Å². The molecular weight excluding hydrogens is 892 g/mol. The van der Waals surface area contributed by atoms with Crippen LogP contribution >= 0.6 is 7.82 Å². The highest BCUT2D eigenvalue weighted by Gasteiger charge is 2.27. The summed E-state index contributed by atoms with van der Waals surface area (Å²) >= 11 is 0. The maximum atomic E-state index is 13.5. The molecule has 1 N–H and O–H groups in total. The quantitative estimate of drug-likeness (QED) is 0.0161. The Morgan fingerprint density at radius 3 is 1.29 bits per heavy atom. The Morgan fingerprint density at radius 2 is 0.857 bits per heavy atom. The molecule has 0 heterocycles. The third kappa shape index (κ3) is 51.1. The number of likely N-dealkylation sites (N-methyl/N-ethyl adjacent to an activating group) is 1. The maximum absolute atomic E-state index is 13.5. The van der Waals surface area contributed by atoms with E-state index in [-0.39, 0.29) is 31.5 Å². The van der Waals surface area contributed by atoms with Crippen LogP contribution in [-0.2, 0) is 27.9 Å². The minimum Gasteiger partial charge on any atom is -0.756 e. The number of unbranched alkanes of at least 4 members (excludes halogenated alkanes) is 35. The average Bonchev–Trinajstić information content (AvgIpc) is 3.32. The van der Waals surface area contributed by atoms with Gasteiger partial charge in [0.25, 0.3) is 7.82 Å². The molecule has 0 aliphatic carbocycles. The second-order valence-electron chi connectivity index (χ2n) is 21.5. The standard InChI is InChI=1S/C60H115N2O7P/c1-7-10-13-16-19-22-25-28-30-31-33-35-38-41-44-47-50-53-60(64)69-58(51-48-45-42-39-36-27-24-21-18-15-12-9-3)57(56-68-70(65,66)67-55-54-62(4,5)6)61-59(63)52-49-46-43-40-37-34-32-29-26-23-20-17-14-11-8-2/h20,23,26,29,48,51,57-58H,7-19,21-22,24-25,27-28,30-47,49-50,52-56H2,1-6H3,(H-,61,63,65,66)/b23-20+,29-26+,51-48+.